The van der Waals surface area contributed by atoms with Crippen LogP contribution in [0.5, 0.6) is 11.5 Å². The Balaban J connectivity index is 1.60. The molecule has 0 fully saturated rings. The number of rotatable bonds is 3. The molecule has 6 aromatic carbocycles. The summed E-state index contributed by atoms with van der Waals surface area (Å²) in [6, 6.07) is 38.9. The fourth-order valence-electron chi connectivity index (χ4n) is 5.64. The number of aryl methyl sites for hydroxylation is 1. The van der Waals surface area contributed by atoms with E-state index < -0.39 is 0 Å². The van der Waals surface area contributed by atoms with Crippen molar-refractivity contribution < 1.29 is 4.74 Å². The third-order valence-electron chi connectivity index (χ3n) is 7.39. The van der Waals surface area contributed by atoms with Gasteiger partial charge in [0.1, 0.15) is 11.5 Å². The van der Waals surface area contributed by atoms with Crippen LogP contribution < -0.4 is 4.74 Å². The summed E-state index contributed by atoms with van der Waals surface area (Å²) < 4.78 is 7.01. The molecule has 0 amide bonds. The van der Waals surface area contributed by atoms with Crippen LogP contribution in [0.1, 0.15) is 11.1 Å². The van der Waals surface area contributed by atoms with Crippen LogP contribution in [0.4, 0.5) is 0 Å². The quantitative estimate of drug-likeness (QED) is 0.238. The first-order valence-electron chi connectivity index (χ1n) is 12.3. The van der Waals surface area contributed by atoms with Crippen molar-refractivity contribution in [2.24, 2.45) is 0 Å². The molecule has 0 atom stereocenters. The van der Waals surface area contributed by atoms with Gasteiger partial charge in [-0.3, -0.25) is 0 Å². The molecule has 1 aliphatic rings. The average molecular weight is 461 g/mol. The van der Waals surface area contributed by atoms with Crippen LogP contribution in [0.3, 0.4) is 0 Å². The van der Waals surface area contributed by atoms with E-state index in [0.717, 1.165) is 44.9 Å². The van der Waals surface area contributed by atoms with Crippen molar-refractivity contribution >= 4 is 27.6 Å². The highest BCUT2D eigenvalue weighted by molar-refractivity contribution is 6.22. The Bertz CT molecular complexity index is 1830. The summed E-state index contributed by atoms with van der Waals surface area (Å²) >= 11 is 0. The molecule has 0 aliphatic carbocycles. The number of ether oxygens (including phenoxy) is 1. The lowest BCUT2D eigenvalue weighted by atomic mass is 9.85. The maximum Gasteiger partial charge on any atom is 0.144 e. The molecular formula is C35H24O. The number of para-hydroxylation sites is 1. The highest BCUT2D eigenvalue weighted by Gasteiger charge is 2.27. The van der Waals surface area contributed by atoms with Gasteiger partial charge in [-0.15, -0.1) is 0 Å². The molecule has 6 aromatic rings. The van der Waals surface area contributed by atoms with Crippen molar-refractivity contribution in [3.8, 4) is 44.9 Å². The standard InChI is InChI=1S/C35H24O/c1-3-23-21-25(20-19-22(23)2)26-15-9-18-31-30-17-10-16-29-27-13-7-8-14-28(27)32(24-11-5-4-6-12-24)35(33(29)30)36-34(26)31/h3-21H,1H2,2H3. The van der Waals surface area contributed by atoms with Gasteiger partial charge in [-0.2, -0.15) is 0 Å². The lowest BCUT2D eigenvalue weighted by Gasteiger charge is -2.27. The van der Waals surface area contributed by atoms with Gasteiger partial charge in [-0.25, -0.2) is 0 Å². The van der Waals surface area contributed by atoms with Gasteiger partial charge in [-0.1, -0.05) is 116 Å². The second kappa shape index (κ2) is 7.96. The number of fused-ring (bicyclic) bond motifs is 4. The molecule has 0 unspecified atom stereocenters. The molecule has 0 saturated heterocycles. The number of hydrogen-bond acceptors (Lipinski definition) is 1. The van der Waals surface area contributed by atoms with Gasteiger partial charge in [-0.05, 0) is 57.0 Å². The van der Waals surface area contributed by atoms with Crippen molar-refractivity contribution in [3.05, 3.63) is 127 Å². The smallest absolute Gasteiger partial charge is 0.144 e. The monoisotopic (exact) mass is 460 g/mol. The predicted octanol–water partition coefficient (Wildman–Crippen LogP) is 10.1. The van der Waals surface area contributed by atoms with Crippen LogP contribution >= 0.6 is 0 Å². The summed E-state index contributed by atoms with van der Waals surface area (Å²) in [6.07, 6.45) is 1.92. The Morgan fingerprint density at radius 3 is 2.11 bits per heavy atom. The van der Waals surface area contributed by atoms with Crippen LogP contribution in [0.15, 0.2) is 116 Å². The van der Waals surface area contributed by atoms with Gasteiger partial charge < -0.3 is 4.74 Å². The Kier molecular flexibility index (Phi) is 4.59. The first-order chi connectivity index (χ1) is 17.7. The molecule has 1 aliphatic heterocycles. The topological polar surface area (TPSA) is 9.23 Å². The highest BCUT2D eigenvalue weighted by Crippen LogP contribution is 2.55. The summed E-state index contributed by atoms with van der Waals surface area (Å²) in [5.41, 5.74) is 9.21. The normalized spacial score (nSPS) is 11.8. The molecule has 0 aromatic heterocycles. The number of hydrogen-bond donors (Lipinski definition) is 0. The zero-order valence-corrected chi connectivity index (χ0v) is 20.1. The van der Waals surface area contributed by atoms with E-state index in [1.807, 2.05) is 6.08 Å². The van der Waals surface area contributed by atoms with E-state index in [-0.39, 0.29) is 0 Å². The van der Waals surface area contributed by atoms with Crippen LogP contribution in [-0.2, 0) is 0 Å². The molecule has 0 radical (unpaired) electrons. The molecular weight excluding hydrogens is 436 g/mol. The van der Waals surface area contributed by atoms with Gasteiger partial charge in [0.2, 0.25) is 0 Å². The minimum absolute atomic E-state index is 0.906. The highest BCUT2D eigenvalue weighted by atomic mass is 16.5. The van der Waals surface area contributed by atoms with Crippen molar-refractivity contribution in [2.75, 3.05) is 0 Å². The van der Waals surface area contributed by atoms with Crippen molar-refractivity contribution in [2.45, 2.75) is 6.92 Å². The van der Waals surface area contributed by atoms with E-state index in [1.165, 1.54) is 32.7 Å². The van der Waals surface area contributed by atoms with E-state index in [2.05, 4.69) is 123 Å². The van der Waals surface area contributed by atoms with E-state index in [0.29, 0.717) is 0 Å². The first kappa shape index (κ1) is 20.7. The molecule has 0 spiro atoms. The molecule has 0 N–H and O–H groups in total. The van der Waals surface area contributed by atoms with E-state index in [9.17, 15) is 0 Å². The second-order valence-electron chi connectivity index (χ2n) is 9.40. The number of benzene rings is 6. The maximum atomic E-state index is 7.01. The lowest BCUT2D eigenvalue weighted by Crippen LogP contribution is -2.02. The Morgan fingerprint density at radius 2 is 1.28 bits per heavy atom. The van der Waals surface area contributed by atoms with Crippen LogP contribution in [-0.4, -0.2) is 0 Å². The summed E-state index contributed by atoms with van der Waals surface area (Å²) in [5, 5.41) is 4.84. The molecule has 0 saturated carbocycles. The maximum absolute atomic E-state index is 7.01. The fraction of sp³-hybridized carbons (Fsp3) is 0.0286. The summed E-state index contributed by atoms with van der Waals surface area (Å²) in [5.74, 6) is 1.84. The zero-order chi connectivity index (χ0) is 24.2. The Hall–Kier alpha value is -4.62. The van der Waals surface area contributed by atoms with Crippen molar-refractivity contribution in [3.63, 3.8) is 0 Å². The van der Waals surface area contributed by atoms with E-state index in [1.54, 1.807) is 0 Å². The van der Waals surface area contributed by atoms with Crippen LogP contribution in [0.25, 0.3) is 61.0 Å². The third kappa shape index (κ3) is 2.96. The Morgan fingerprint density at radius 1 is 0.583 bits per heavy atom. The minimum atomic E-state index is 0.906. The molecule has 0 bridgehead atoms. The average Bonchev–Trinajstić information content (AvgIpc) is 2.94. The van der Waals surface area contributed by atoms with Crippen LogP contribution in [0.2, 0.25) is 0 Å². The van der Waals surface area contributed by atoms with Gasteiger partial charge in [0, 0.05) is 22.1 Å². The predicted molar refractivity (Wildman–Crippen MR) is 153 cm³/mol. The van der Waals surface area contributed by atoms with Crippen molar-refractivity contribution in [1.29, 1.82) is 0 Å². The second-order valence-corrected chi connectivity index (χ2v) is 9.40. The van der Waals surface area contributed by atoms with Gasteiger partial charge in [0.05, 0.1) is 0 Å². The zero-order valence-electron chi connectivity index (χ0n) is 20.1. The molecule has 36 heavy (non-hydrogen) atoms. The summed E-state index contributed by atoms with van der Waals surface area (Å²) in [6.45, 7) is 6.13. The molecule has 1 heteroatoms. The summed E-state index contributed by atoms with van der Waals surface area (Å²) in [7, 11) is 0. The van der Waals surface area contributed by atoms with Gasteiger partial charge in [0.15, 0.2) is 0 Å². The van der Waals surface area contributed by atoms with E-state index >= 15 is 0 Å². The van der Waals surface area contributed by atoms with Gasteiger partial charge >= 0.3 is 0 Å². The van der Waals surface area contributed by atoms with Crippen LogP contribution in [0, 0.1) is 6.92 Å². The van der Waals surface area contributed by atoms with Gasteiger partial charge in [0.25, 0.3) is 0 Å². The first-order valence-corrected chi connectivity index (χ1v) is 12.3. The summed E-state index contributed by atoms with van der Waals surface area (Å²) in [4.78, 5) is 0. The molecule has 7 rings (SSSR count). The van der Waals surface area contributed by atoms with Crippen molar-refractivity contribution in [1.82, 2.24) is 0 Å². The fourth-order valence-corrected chi connectivity index (χ4v) is 5.64. The molecule has 170 valence electrons. The lowest BCUT2D eigenvalue weighted by molar-refractivity contribution is 0.491. The van der Waals surface area contributed by atoms with E-state index in [4.69, 9.17) is 4.74 Å². The minimum Gasteiger partial charge on any atom is -0.455 e. The molecule has 1 heterocycles. The SMILES string of the molecule is C=Cc1cc(-c2cccc3c2Oc2c(-c4ccccc4)c4ccccc4c4cccc-3c24)ccc1C. The third-order valence-corrected chi connectivity index (χ3v) is 7.39. The molecule has 1 nitrogen and oxygen atoms in total. The Labute approximate surface area is 210 Å². The largest absolute Gasteiger partial charge is 0.455 e.